The average Bonchev–Trinajstić information content (AvgIpc) is 2.16. The van der Waals surface area contributed by atoms with Crippen molar-refractivity contribution in [1.29, 1.82) is 0 Å². The minimum Gasteiger partial charge on any atom is -0.486 e. The van der Waals surface area contributed by atoms with Gasteiger partial charge in [0.2, 0.25) is 0 Å². The third-order valence-electron chi connectivity index (χ3n) is 2.20. The summed E-state index contributed by atoms with van der Waals surface area (Å²) in [6, 6.07) is 3.42. The molecule has 0 aliphatic carbocycles. The first-order valence-electron chi connectivity index (χ1n) is 4.55. The standard InChI is InChI=1S/C10H13NO3/c1-6(12)7-4-9-10(5-8(7)11)14-3-2-13-9/h4-6,12H,2-3,11H2,1H3. The van der Waals surface area contributed by atoms with Crippen molar-refractivity contribution in [2.24, 2.45) is 0 Å². The van der Waals surface area contributed by atoms with Gasteiger partial charge < -0.3 is 20.3 Å². The van der Waals surface area contributed by atoms with Gasteiger partial charge in [-0.2, -0.15) is 0 Å². The molecule has 1 aliphatic heterocycles. The Labute approximate surface area is 82.2 Å². The minimum absolute atomic E-state index is 0.532. The van der Waals surface area contributed by atoms with E-state index in [9.17, 15) is 5.11 Å². The fraction of sp³-hybridized carbons (Fsp3) is 0.400. The fourth-order valence-corrected chi connectivity index (χ4v) is 1.48. The molecule has 1 unspecified atom stereocenters. The van der Waals surface area contributed by atoms with E-state index in [-0.39, 0.29) is 0 Å². The van der Waals surface area contributed by atoms with Gasteiger partial charge in [0.1, 0.15) is 13.2 Å². The van der Waals surface area contributed by atoms with Crippen molar-refractivity contribution >= 4 is 5.69 Å². The topological polar surface area (TPSA) is 64.7 Å². The smallest absolute Gasteiger partial charge is 0.163 e. The van der Waals surface area contributed by atoms with Gasteiger partial charge in [-0.15, -0.1) is 0 Å². The van der Waals surface area contributed by atoms with Crippen LogP contribution in [0.1, 0.15) is 18.6 Å². The molecule has 1 aliphatic rings. The van der Waals surface area contributed by atoms with Gasteiger partial charge in [0, 0.05) is 17.3 Å². The highest BCUT2D eigenvalue weighted by Crippen LogP contribution is 2.36. The number of aliphatic hydroxyl groups is 1. The van der Waals surface area contributed by atoms with Gasteiger partial charge in [-0.1, -0.05) is 0 Å². The lowest BCUT2D eigenvalue weighted by molar-refractivity contribution is 0.168. The van der Waals surface area contributed by atoms with Crippen molar-refractivity contribution in [3.8, 4) is 11.5 Å². The lowest BCUT2D eigenvalue weighted by Gasteiger charge is -2.20. The second-order valence-corrected chi connectivity index (χ2v) is 3.30. The van der Waals surface area contributed by atoms with E-state index in [4.69, 9.17) is 15.2 Å². The normalized spacial score (nSPS) is 16.4. The fourth-order valence-electron chi connectivity index (χ4n) is 1.48. The number of fused-ring (bicyclic) bond motifs is 1. The Balaban J connectivity index is 2.45. The van der Waals surface area contributed by atoms with Gasteiger partial charge in [0.15, 0.2) is 11.5 Å². The van der Waals surface area contributed by atoms with Crippen molar-refractivity contribution in [1.82, 2.24) is 0 Å². The summed E-state index contributed by atoms with van der Waals surface area (Å²) in [6.07, 6.45) is -0.592. The number of nitrogen functional groups attached to an aromatic ring is 1. The van der Waals surface area contributed by atoms with Crippen LogP contribution in [0.15, 0.2) is 12.1 Å². The number of anilines is 1. The van der Waals surface area contributed by atoms with Gasteiger partial charge in [0.05, 0.1) is 6.10 Å². The Morgan fingerprint density at radius 2 is 1.86 bits per heavy atom. The predicted octanol–water partition coefficient (Wildman–Crippen LogP) is 1.09. The highest BCUT2D eigenvalue weighted by Gasteiger charge is 2.16. The molecule has 1 aromatic rings. The lowest BCUT2D eigenvalue weighted by Crippen LogP contribution is -2.16. The van der Waals surface area contributed by atoms with Crippen LogP contribution >= 0.6 is 0 Å². The van der Waals surface area contributed by atoms with E-state index in [1.54, 1.807) is 19.1 Å². The molecule has 0 amide bonds. The number of hydrogen-bond acceptors (Lipinski definition) is 4. The summed E-state index contributed by atoms with van der Waals surface area (Å²) in [7, 11) is 0. The van der Waals surface area contributed by atoms with Crippen molar-refractivity contribution in [3.63, 3.8) is 0 Å². The third-order valence-corrected chi connectivity index (χ3v) is 2.20. The monoisotopic (exact) mass is 195 g/mol. The zero-order chi connectivity index (χ0) is 10.1. The quantitative estimate of drug-likeness (QED) is 0.658. The van der Waals surface area contributed by atoms with Crippen molar-refractivity contribution < 1.29 is 14.6 Å². The van der Waals surface area contributed by atoms with E-state index in [0.29, 0.717) is 36.0 Å². The van der Waals surface area contributed by atoms with Crippen LogP contribution in [0.5, 0.6) is 11.5 Å². The van der Waals surface area contributed by atoms with E-state index in [2.05, 4.69) is 0 Å². The van der Waals surface area contributed by atoms with Crippen LogP contribution in [0.4, 0.5) is 5.69 Å². The van der Waals surface area contributed by atoms with E-state index < -0.39 is 6.10 Å². The summed E-state index contributed by atoms with van der Waals surface area (Å²) >= 11 is 0. The maximum absolute atomic E-state index is 9.43. The van der Waals surface area contributed by atoms with E-state index >= 15 is 0 Å². The zero-order valence-electron chi connectivity index (χ0n) is 7.99. The van der Waals surface area contributed by atoms with Gasteiger partial charge in [-0.25, -0.2) is 0 Å². The molecule has 1 atom stereocenters. The van der Waals surface area contributed by atoms with Crippen molar-refractivity contribution in [2.75, 3.05) is 18.9 Å². The molecular weight excluding hydrogens is 182 g/mol. The first-order valence-corrected chi connectivity index (χ1v) is 4.55. The first-order chi connectivity index (χ1) is 6.68. The maximum Gasteiger partial charge on any atom is 0.163 e. The molecule has 3 N–H and O–H groups in total. The van der Waals surface area contributed by atoms with Crippen LogP contribution in [0, 0.1) is 0 Å². The SMILES string of the molecule is CC(O)c1cc2c(cc1N)OCCO2. The van der Waals surface area contributed by atoms with Gasteiger partial charge in [-0.05, 0) is 13.0 Å². The molecule has 0 fully saturated rings. The number of ether oxygens (including phenoxy) is 2. The Morgan fingerprint density at radius 1 is 1.29 bits per heavy atom. The number of hydrogen-bond donors (Lipinski definition) is 2. The highest BCUT2D eigenvalue weighted by molar-refractivity contribution is 5.58. The van der Waals surface area contributed by atoms with Crippen LogP contribution in [0.3, 0.4) is 0 Å². The lowest BCUT2D eigenvalue weighted by atomic mass is 10.1. The zero-order valence-corrected chi connectivity index (χ0v) is 7.99. The van der Waals surface area contributed by atoms with E-state index in [0.717, 1.165) is 0 Å². The summed E-state index contributed by atoms with van der Waals surface area (Å²) in [6.45, 7) is 2.75. The predicted molar refractivity (Wildman–Crippen MR) is 52.5 cm³/mol. The van der Waals surface area contributed by atoms with Crippen LogP contribution in [-0.2, 0) is 0 Å². The molecule has 0 bridgehead atoms. The van der Waals surface area contributed by atoms with Crippen LogP contribution in [0.25, 0.3) is 0 Å². The number of benzene rings is 1. The summed E-state index contributed by atoms with van der Waals surface area (Å²) in [5.41, 5.74) is 6.96. The largest absolute Gasteiger partial charge is 0.486 e. The van der Waals surface area contributed by atoms with E-state index in [1.807, 2.05) is 0 Å². The Kier molecular flexibility index (Phi) is 2.21. The van der Waals surface area contributed by atoms with Gasteiger partial charge in [-0.3, -0.25) is 0 Å². The molecule has 1 aromatic carbocycles. The Bertz CT molecular complexity index is 349. The summed E-state index contributed by atoms with van der Waals surface area (Å²) < 4.78 is 10.7. The number of nitrogens with two attached hydrogens (primary N) is 1. The number of rotatable bonds is 1. The second kappa shape index (κ2) is 3.38. The molecule has 2 rings (SSSR count). The number of aliphatic hydroxyl groups excluding tert-OH is 1. The minimum atomic E-state index is -0.592. The molecule has 0 aromatic heterocycles. The average molecular weight is 195 g/mol. The van der Waals surface area contributed by atoms with E-state index in [1.165, 1.54) is 0 Å². The molecule has 1 heterocycles. The molecule has 0 radical (unpaired) electrons. The highest BCUT2D eigenvalue weighted by atomic mass is 16.6. The van der Waals surface area contributed by atoms with Crippen LogP contribution in [-0.4, -0.2) is 18.3 Å². The molecule has 4 nitrogen and oxygen atoms in total. The van der Waals surface area contributed by atoms with Crippen molar-refractivity contribution in [2.45, 2.75) is 13.0 Å². The summed E-state index contributed by atoms with van der Waals surface area (Å²) in [5.74, 6) is 1.31. The summed E-state index contributed by atoms with van der Waals surface area (Å²) in [4.78, 5) is 0. The van der Waals surface area contributed by atoms with Gasteiger partial charge in [0.25, 0.3) is 0 Å². The molecule has 0 saturated heterocycles. The Morgan fingerprint density at radius 3 is 2.43 bits per heavy atom. The van der Waals surface area contributed by atoms with Crippen LogP contribution < -0.4 is 15.2 Å². The van der Waals surface area contributed by atoms with Gasteiger partial charge >= 0.3 is 0 Å². The molecule has 0 saturated carbocycles. The molecular formula is C10H13NO3. The first kappa shape index (κ1) is 9.15. The molecule has 14 heavy (non-hydrogen) atoms. The molecule has 4 heteroatoms. The molecule has 76 valence electrons. The maximum atomic E-state index is 9.43. The van der Waals surface area contributed by atoms with Crippen molar-refractivity contribution in [3.05, 3.63) is 17.7 Å². The Hall–Kier alpha value is -1.42. The second-order valence-electron chi connectivity index (χ2n) is 3.30. The summed E-state index contributed by atoms with van der Waals surface area (Å²) in [5, 5.41) is 9.43. The third kappa shape index (κ3) is 1.48. The molecule has 0 spiro atoms. The van der Waals surface area contributed by atoms with Crippen LogP contribution in [0.2, 0.25) is 0 Å².